The maximum Gasteiger partial charge on any atom is 0.238 e. The molecule has 2 heterocycles. The van der Waals surface area contributed by atoms with Gasteiger partial charge in [-0.2, -0.15) is 0 Å². The lowest BCUT2D eigenvalue weighted by Crippen LogP contribution is -2.50. The largest absolute Gasteiger partial charge is 0.373 e. The van der Waals surface area contributed by atoms with Crippen LogP contribution in [0.2, 0.25) is 0 Å². The van der Waals surface area contributed by atoms with Gasteiger partial charge in [0.1, 0.15) is 0 Å². The molecule has 3 rings (SSSR count). The van der Waals surface area contributed by atoms with Crippen LogP contribution in [0.3, 0.4) is 0 Å². The predicted molar refractivity (Wildman–Crippen MR) is 108 cm³/mol. The van der Waals surface area contributed by atoms with E-state index in [-0.39, 0.29) is 5.91 Å². The molecule has 3 unspecified atom stereocenters. The lowest BCUT2D eigenvalue weighted by molar-refractivity contribution is -0.117. The lowest BCUT2D eigenvalue weighted by Gasteiger charge is -2.38. The minimum absolute atomic E-state index is 0.0810. The van der Waals surface area contributed by atoms with Crippen LogP contribution in [0.15, 0.2) is 29.2 Å². The first kappa shape index (κ1) is 19.7. The first-order valence-corrected chi connectivity index (χ1v) is 10.8. The number of likely N-dealkylation sites (tertiary alicyclic amines) is 1. The molecule has 144 valence electrons. The van der Waals surface area contributed by atoms with Gasteiger partial charge in [-0.1, -0.05) is 0 Å². The van der Waals surface area contributed by atoms with Crippen molar-refractivity contribution in [2.24, 2.45) is 0 Å². The van der Waals surface area contributed by atoms with Gasteiger partial charge in [-0.25, -0.2) is 0 Å². The number of benzene rings is 1. The molecule has 2 aliphatic heterocycles. The average molecular weight is 378 g/mol. The lowest BCUT2D eigenvalue weighted by atomic mass is 10.1. The number of morpholine rings is 1. The summed E-state index contributed by atoms with van der Waals surface area (Å²) < 4.78 is 5.83. The second-order valence-electron chi connectivity index (χ2n) is 7.52. The van der Waals surface area contributed by atoms with Crippen molar-refractivity contribution in [3.8, 4) is 0 Å². The average Bonchev–Trinajstić information content (AvgIpc) is 3.01. The minimum atomic E-state index is 0.0810. The number of thioether (sulfide) groups is 1. The number of amides is 1. The van der Waals surface area contributed by atoms with Crippen molar-refractivity contribution in [1.82, 2.24) is 9.80 Å². The summed E-state index contributed by atoms with van der Waals surface area (Å²) in [5, 5.41) is 3.03. The molecular weight excluding hydrogens is 346 g/mol. The molecule has 5 nitrogen and oxygen atoms in total. The molecule has 0 radical (unpaired) electrons. The molecule has 3 atom stereocenters. The Morgan fingerprint density at radius 3 is 2.58 bits per heavy atom. The minimum Gasteiger partial charge on any atom is -0.373 e. The van der Waals surface area contributed by atoms with E-state index < -0.39 is 0 Å². The van der Waals surface area contributed by atoms with Crippen molar-refractivity contribution in [2.75, 3.05) is 44.3 Å². The number of anilines is 1. The molecular formula is C20H31N3O2S. The molecule has 0 saturated carbocycles. The molecule has 2 fully saturated rings. The molecule has 0 aliphatic carbocycles. The number of carbonyl (C=O) groups is 1. The van der Waals surface area contributed by atoms with E-state index in [1.807, 2.05) is 24.3 Å². The second kappa shape index (κ2) is 9.22. The number of hydrogen-bond donors (Lipinski definition) is 1. The van der Waals surface area contributed by atoms with E-state index in [0.717, 1.165) is 31.9 Å². The molecule has 26 heavy (non-hydrogen) atoms. The van der Waals surface area contributed by atoms with Crippen molar-refractivity contribution in [3.63, 3.8) is 0 Å². The predicted octanol–water partition coefficient (Wildman–Crippen LogP) is 2.92. The molecule has 6 heteroatoms. The highest BCUT2D eigenvalue weighted by Crippen LogP contribution is 2.21. The Morgan fingerprint density at radius 1 is 1.23 bits per heavy atom. The van der Waals surface area contributed by atoms with Gasteiger partial charge in [0.15, 0.2) is 0 Å². The quantitative estimate of drug-likeness (QED) is 0.773. The third-order valence-corrected chi connectivity index (χ3v) is 5.93. The van der Waals surface area contributed by atoms with E-state index in [0.29, 0.717) is 24.8 Å². The zero-order valence-corrected chi connectivity index (χ0v) is 16.9. The summed E-state index contributed by atoms with van der Waals surface area (Å²) in [6, 6.07) is 8.50. The van der Waals surface area contributed by atoms with Crippen LogP contribution in [0.1, 0.15) is 26.7 Å². The number of carbonyl (C=O) groups excluding carboxylic acids is 1. The molecule has 0 aromatic heterocycles. The normalized spacial score (nSPS) is 27.6. The molecule has 1 aromatic rings. The van der Waals surface area contributed by atoms with Crippen molar-refractivity contribution >= 4 is 23.4 Å². The van der Waals surface area contributed by atoms with E-state index in [9.17, 15) is 4.79 Å². The van der Waals surface area contributed by atoms with Crippen LogP contribution in [-0.2, 0) is 9.53 Å². The molecule has 0 spiro atoms. The summed E-state index contributed by atoms with van der Waals surface area (Å²) in [5.41, 5.74) is 0.874. The van der Waals surface area contributed by atoms with Gasteiger partial charge >= 0.3 is 0 Å². The van der Waals surface area contributed by atoms with E-state index in [1.54, 1.807) is 11.8 Å². The monoisotopic (exact) mass is 377 g/mol. The molecule has 2 saturated heterocycles. The summed E-state index contributed by atoms with van der Waals surface area (Å²) >= 11 is 1.71. The van der Waals surface area contributed by atoms with Gasteiger partial charge in [0.2, 0.25) is 5.91 Å². The molecule has 0 bridgehead atoms. The van der Waals surface area contributed by atoms with Gasteiger partial charge < -0.3 is 10.1 Å². The summed E-state index contributed by atoms with van der Waals surface area (Å²) in [7, 11) is 0. The fraction of sp³-hybridized carbons (Fsp3) is 0.650. The third kappa shape index (κ3) is 5.46. The van der Waals surface area contributed by atoms with Crippen molar-refractivity contribution < 1.29 is 9.53 Å². The fourth-order valence-electron chi connectivity index (χ4n) is 4.10. The number of nitrogens with one attached hydrogen (secondary N) is 1. The van der Waals surface area contributed by atoms with E-state index in [2.05, 4.69) is 35.2 Å². The van der Waals surface area contributed by atoms with E-state index in [1.165, 1.54) is 17.7 Å². The maximum atomic E-state index is 12.5. The van der Waals surface area contributed by atoms with Gasteiger partial charge in [0.05, 0.1) is 18.8 Å². The van der Waals surface area contributed by atoms with E-state index in [4.69, 9.17) is 4.74 Å². The van der Waals surface area contributed by atoms with Crippen LogP contribution in [0.5, 0.6) is 0 Å². The zero-order chi connectivity index (χ0) is 18.5. The number of nitrogens with zero attached hydrogens (tertiary/aromatic N) is 2. The Morgan fingerprint density at radius 2 is 1.92 bits per heavy atom. The summed E-state index contributed by atoms with van der Waals surface area (Å²) in [4.78, 5) is 18.5. The first-order valence-electron chi connectivity index (χ1n) is 9.59. The summed E-state index contributed by atoms with van der Waals surface area (Å²) in [5.74, 6) is 0.0810. The molecule has 1 N–H and O–H groups in total. The topological polar surface area (TPSA) is 44.8 Å². The Bertz CT molecular complexity index is 585. The smallest absolute Gasteiger partial charge is 0.238 e. The van der Waals surface area contributed by atoms with Crippen molar-refractivity contribution in [2.45, 2.75) is 49.8 Å². The van der Waals surface area contributed by atoms with Gasteiger partial charge in [0.25, 0.3) is 0 Å². The maximum absolute atomic E-state index is 12.5. The second-order valence-corrected chi connectivity index (χ2v) is 8.40. The SMILES string of the molecule is CSc1ccc(NC(=O)CN2CCCC2CN2CC(C)OC(C)C2)cc1. The summed E-state index contributed by atoms with van der Waals surface area (Å²) in [6.45, 7) is 8.79. The Hall–Kier alpha value is -1.08. The highest BCUT2D eigenvalue weighted by atomic mass is 32.2. The van der Waals surface area contributed by atoms with Crippen molar-refractivity contribution in [1.29, 1.82) is 0 Å². The highest BCUT2D eigenvalue weighted by molar-refractivity contribution is 7.98. The van der Waals surface area contributed by atoms with Crippen LogP contribution in [0.25, 0.3) is 0 Å². The molecule has 1 aromatic carbocycles. The fourth-order valence-corrected chi connectivity index (χ4v) is 4.51. The van der Waals surface area contributed by atoms with Crippen LogP contribution in [-0.4, -0.2) is 72.9 Å². The standard InChI is InChI=1S/C20H31N3O2S/c1-15-11-22(12-16(2)25-15)13-18-5-4-10-23(18)14-20(24)21-17-6-8-19(26-3)9-7-17/h6-9,15-16,18H,4-5,10-14H2,1-3H3,(H,21,24). The number of ether oxygens (including phenoxy) is 1. The van der Waals surface area contributed by atoms with Gasteiger partial charge in [-0.3, -0.25) is 14.6 Å². The Kier molecular flexibility index (Phi) is 6.98. The Balaban J connectivity index is 1.50. The van der Waals surface area contributed by atoms with Crippen molar-refractivity contribution in [3.05, 3.63) is 24.3 Å². The van der Waals surface area contributed by atoms with Gasteiger partial charge in [-0.05, 0) is 63.8 Å². The van der Waals surface area contributed by atoms with Crippen LogP contribution < -0.4 is 5.32 Å². The van der Waals surface area contributed by atoms with Crippen LogP contribution >= 0.6 is 11.8 Å². The number of rotatable bonds is 6. The number of hydrogen-bond acceptors (Lipinski definition) is 5. The van der Waals surface area contributed by atoms with Crippen LogP contribution in [0, 0.1) is 0 Å². The highest BCUT2D eigenvalue weighted by Gasteiger charge is 2.30. The molecule has 1 amide bonds. The third-order valence-electron chi connectivity index (χ3n) is 5.18. The zero-order valence-electron chi connectivity index (χ0n) is 16.1. The van der Waals surface area contributed by atoms with Gasteiger partial charge in [-0.15, -0.1) is 11.8 Å². The first-order chi connectivity index (χ1) is 12.5. The van der Waals surface area contributed by atoms with E-state index >= 15 is 0 Å². The van der Waals surface area contributed by atoms with Crippen LogP contribution in [0.4, 0.5) is 5.69 Å². The Labute approximate surface area is 161 Å². The van der Waals surface area contributed by atoms with Gasteiger partial charge in [0, 0.05) is 36.3 Å². The summed E-state index contributed by atoms with van der Waals surface area (Å²) in [6.07, 6.45) is 4.99. The molecule has 2 aliphatic rings.